The molecule has 0 radical (unpaired) electrons. The topological polar surface area (TPSA) is 81.7 Å². The number of carbonyl (C=O) groups excluding carboxylic acids is 2. The van der Waals surface area contributed by atoms with Crippen LogP contribution in [0.5, 0.6) is 5.75 Å². The number of nitrogens with one attached hydrogen (secondary N) is 2. The van der Waals surface area contributed by atoms with Gasteiger partial charge in [-0.25, -0.2) is 0 Å². The van der Waals surface area contributed by atoms with Gasteiger partial charge in [0.15, 0.2) is 0 Å². The molecule has 0 atom stereocenters. The van der Waals surface area contributed by atoms with E-state index < -0.39 is 11.8 Å². The molecule has 0 spiro atoms. The van der Waals surface area contributed by atoms with Gasteiger partial charge in [0.05, 0.1) is 5.69 Å². The van der Waals surface area contributed by atoms with Crippen LogP contribution in [0.3, 0.4) is 0 Å². The predicted octanol–water partition coefficient (Wildman–Crippen LogP) is 0.662. The van der Waals surface area contributed by atoms with E-state index in [1.807, 2.05) is 19.0 Å². The van der Waals surface area contributed by atoms with Crippen molar-refractivity contribution in [2.45, 2.75) is 0 Å². The molecule has 0 saturated heterocycles. The summed E-state index contributed by atoms with van der Waals surface area (Å²) in [5.74, 6) is -1.77. The molecule has 0 unspecified atom stereocenters. The van der Waals surface area contributed by atoms with Crippen LogP contribution in [0.4, 0.5) is 5.69 Å². The van der Waals surface area contributed by atoms with Crippen LogP contribution in [0, 0.1) is 0 Å². The third-order valence-electron chi connectivity index (χ3n) is 2.26. The highest BCUT2D eigenvalue weighted by Gasteiger charge is 2.15. The molecule has 6 nitrogen and oxygen atoms in total. The quantitative estimate of drug-likeness (QED) is 0.561. The van der Waals surface area contributed by atoms with E-state index in [-0.39, 0.29) is 11.4 Å². The molecule has 104 valence electrons. The number of phenols is 1. The molecule has 1 aromatic rings. The fourth-order valence-corrected chi connectivity index (χ4v) is 1.43. The van der Waals surface area contributed by atoms with Crippen molar-refractivity contribution in [3.63, 3.8) is 0 Å². The lowest BCUT2D eigenvalue weighted by Crippen LogP contribution is -2.38. The van der Waals surface area contributed by atoms with Gasteiger partial charge in [-0.1, -0.05) is 11.6 Å². The molecule has 0 bridgehead atoms. The van der Waals surface area contributed by atoms with Gasteiger partial charge < -0.3 is 20.6 Å². The van der Waals surface area contributed by atoms with E-state index in [1.54, 1.807) is 0 Å². The van der Waals surface area contributed by atoms with Crippen molar-refractivity contribution < 1.29 is 14.7 Å². The first kappa shape index (κ1) is 15.3. The van der Waals surface area contributed by atoms with Gasteiger partial charge in [-0.2, -0.15) is 0 Å². The van der Waals surface area contributed by atoms with Crippen molar-refractivity contribution >= 4 is 29.1 Å². The number of nitrogens with zero attached hydrogens (tertiary/aromatic N) is 1. The molecule has 0 aliphatic carbocycles. The highest BCUT2D eigenvalue weighted by molar-refractivity contribution is 6.40. The molecule has 0 saturated carbocycles. The largest absolute Gasteiger partial charge is 0.506 e. The Kier molecular flexibility index (Phi) is 5.59. The molecule has 1 aromatic carbocycles. The maximum atomic E-state index is 11.6. The summed E-state index contributed by atoms with van der Waals surface area (Å²) < 4.78 is 0. The number of amides is 2. The highest BCUT2D eigenvalue weighted by Crippen LogP contribution is 2.26. The van der Waals surface area contributed by atoms with Crippen LogP contribution >= 0.6 is 11.6 Å². The number of carbonyl (C=O) groups is 2. The van der Waals surface area contributed by atoms with Crippen molar-refractivity contribution in [2.75, 3.05) is 32.5 Å². The molecule has 1 rings (SSSR count). The molecule has 0 fully saturated rings. The fourth-order valence-electron chi connectivity index (χ4n) is 1.26. The Bertz CT molecular complexity index is 477. The van der Waals surface area contributed by atoms with Gasteiger partial charge in [0.25, 0.3) is 0 Å². The second-order valence-electron chi connectivity index (χ2n) is 4.17. The molecule has 2 amide bonds. The van der Waals surface area contributed by atoms with Crippen LogP contribution in [0.1, 0.15) is 0 Å². The summed E-state index contributed by atoms with van der Waals surface area (Å²) in [4.78, 5) is 24.9. The maximum Gasteiger partial charge on any atom is 0.313 e. The number of rotatable bonds is 4. The van der Waals surface area contributed by atoms with Crippen molar-refractivity contribution in [1.82, 2.24) is 10.2 Å². The minimum absolute atomic E-state index is 0.0975. The van der Waals surface area contributed by atoms with Crippen molar-refractivity contribution in [1.29, 1.82) is 0 Å². The Balaban J connectivity index is 2.54. The van der Waals surface area contributed by atoms with Crippen LogP contribution in [0.15, 0.2) is 18.2 Å². The van der Waals surface area contributed by atoms with Gasteiger partial charge in [0.2, 0.25) is 0 Å². The number of hydrogen-bond acceptors (Lipinski definition) is 4. The molecular formula is C12H16ClN3O3. The van der Waals surface area contributed by atoms with E-state index >= 15 is 0 Å². The molecular weight excluding hydrogens is 270 g/mol. The molecule has 3 N–H and O–H groups in total. The summed E-state index contributed by atoms with van der Waals surface area (Å²) in [7, 11) is 3.71. The first-order valence-electron chi connectivity index (χ1n) is 5.62. The van der Waals surface area contributed by atoms with Crippen LogP contribution in [-0.4, -0.2) is 49.0 Å². The summed E-state index contributed by atoms with van der Waals surface area (Å²) in [5.41, 5.74) is 0.0975. The average Bonchev–Trinajstić information content (AvgIpc) is 2.33. The average molecular weight is 286 g/mol. The van der Waals surface area contributed by atoms with E-state index in [0.29, 0.717) is 18.1 Å². The lowest BCUT2D eigenvalue weighted by atomic mass is 10.3. The highest BCUT2D eigenvalue weighted by atomic mass is 35.5. The Labute approximate surface area is 116 Å². The minimum atomic E-state index is -0.851. The lowest BCUT2D eigenvalue weighted by Gasteiger charge is -2.11. The SMILES string of the molecule is CN(C)CCNC(=O)C(=O)Nc1cc(Cl)ccc1O. The normalized spacial score (nSPS) is 10.3. The standard InChI is InChI=1S/C12H16ClN3O3/c1-16(2)6-5-14-11(18)12(19)15-9-7-8(13)3-4-10(9)17/h3-4,7,17H,5-6H2,1-2H3,(H,14,18)(H,15,19). The van der Waals surface area contributed by atoms with Gasteiger partial charge >= 0.3 is 11.8 Å². The second kappa shape index (κ2) is 6.96. The van der Waals surface area contributed by atoms with Gasteiger partial charge in [0, 0.05) is 18.1 Å². The van der Waals surface area contributed by atoms with Crippen LogP contribution in [0.25, 0.3) is 0 Å². The van der Waals surface area contributed by atoms with Gasteiger partial charge in [-0.3, -0.25) is 9.59 Å². The predicted molar refractivity (Wildman–Crippen MR) is 73.3 cm³/mol. The minimum Gasteiger partial charge on any atom is -0.506 e. The summed E-state index contributed by atoms with van der Waals surface area (Å²) in [6, 6.07) is 4.17. The van der Waals surface area contributed by atoms with E-state index in [2.05, 4.69) is 10.6 Å². The Morgan fingerprint density at radius 3 is 2.63 bits per heavy atom. The van der Waals surface area contributed by atoms with Crippen molar-refractivity contribution in [3.8, 4) is 5.75 Å². The molecule has 0 aromatic heterocycles. The zero-order valence-electron chi connectivity index (χ0n) is 10.7. The summed E-state index contributed by atoms with van der Waals surface area (Å²) in [5, 5.41) is 14.6. The number of hydrogen-bond donors (Lipinski definition) is 3. The second-order valence-corrected chi connectivity index (χ2v) is 4.61. The fraction of sp³-hybridized carbons (Fsp3) is 0.333. The molecule has 19 heavy (non-hydrogen) atoms. The zero-order valence-corrected chi connectivity index (χ0v) is 11.5. The Hall–Kier alpha value is -1.79. The number of phenolic OH excluding ortho intramolecular Hbond substituents is 1. The number of aromatic hydroxyl groups is 1. The molecule has 0 heterocycles. The Morgan fingerprint density at radius 2 is 2.00 bits per heavy atom. The van der Waals surface area contributed by atoms with E-state index in [9.17, 15) is 14.7 Å². The van der Waals surface area contributed by atoms with Crippen molar-refractivity contribution in [3.05, 3.63) is 23.2 Å². The van der Waals surface area contributed by atoms with E-state index in [1.165, 1.54) is 18.2 Å². The summed E-state index contributed by atoms with van der Waals surface area (Å²) >= 11 is 5.73. The third-order valence-corrected chi connectivity index (χ3v) is 2.49. The number of halogens is 1. The zero-order chi connectivity index (χ0) is 14.4. The smallest absolute Gasteiger partial charge is 0.313 e. The van der Waals surface area contributed by atoms with Crippen molar-refractivity contribution in [2.24, 2.45) is 0 Å². The lowest BCUT2D eigenvalue weighted by molar-refractivity contribution is -0.136. The van der Waals surface area contributed by atoms with E-state index in [4.69, 9.17) is 11.6 Å². The first-order chi connectivity index (χ1) is 8.90. The summed E-state index contributed by atoms with van der Waals surface area (Å²) in [6.07, 6.45) is 0. The number of anilines is 1. The monoisotopic (exact) mass is 285 g/mol. The van der Waals surface area contributed by atoms with E-state index in [0.717, 1.165) is 0 Å². The summed E-state index contributed by atoms with van der Waals surface area (Å²) in [6.45, 7) is 0.988. The van der Waals surface area contributed by atoms with Crippen LogP contribution in [0.2, 0.25) is 5.02 Å². The number of likely N-dealkylation sites (N-methyl/N-ethyl adjacent to an activating group) is 1. The third kappa shape index (κ3) is 5.15. The Morgan fingerprint density at radius 1 is 1.32 bits per heavy atom. The van der Waals surface area contributed by atoms with Gasteiger partial charge in [-0.05, 0) is 32.3 Å². The van der Waals surface area contributed by atoms with Crippen LogP contribution in [-0.2, 0) is 9.59 Å². The molecule has 0 aliphatic rings. The molecule has 0 aliphatic heterocycles. The van der Waals surface area contributed by atoms with Crippen LogP contribution < -0.4 is 10.6 Å². The maximum absolute atomic E-state index is 11.6. The van der Waals surface area contributed by atoms with Gasteiger partial charge in [-0.15, -0.1) is 0 Å². The molecule has 7 heteroatoms. The van der Waals surface area contributed by atoms with Gasteiger partial charge in [0.1, 0.15) is 5.75 Å². The number of benzene rings is 1. The first-order valence-corrected chi connectivity index (χ1v) is 6.00.